The van der Waals surface area contributed by atoms with Crippen LogP contribution in [-0.2, 0) is 29.6 Å². The van der Waals surface area contributed by atoms with E-state index >= 15 is 0 Å². The molecule has 0 atom stereocenters. The van der Waals surface area contributed by atoms with Gasteiger partial charge in [0, 0.05) is 30.6 Å². The fourth-order valence-electron chi connectivity index (χ4n) is 4.41. The van der Waals surface area contributed by atoms with Gasteiger partial charge in [0.15, 0.2) is 0 Å². The van der Waals surface area contributed by atoms with Crippen molar-refractivity contribution < 1.29 is 22.6 Å². The minimum absolute atomic E-state index is 0.119. The van der Waals surface area contributed by atoms with Gasteiger partial charge < -0.3 is 19.5 Å². The average Bonchev–Trinajstić information content (AvgIpc) is 3.07. The van der Waals surface area contributed by atoms with E-state index in [2.05, 4.69) is 42.9 Å². The van der Waals surface area contributed by atoms with E-state index in [4.69, 9.17) is 14.2 Å². The largest absolute Gasteiger partial charge is 0.501 e. The first-order valence-corrected chi connectivity index (χ1v) is 17.4. The second-order valence-corrected chi connectivity index (χ2v) is 13.7. The van der Waals surface area contributed by atoms with Gasteiger partial charge >= 0.3 is 0 Å². The predicted molar refractivity (Wildman–Crippen MR) is 197 cm³/mol. The molecule has 9 nitrogen and oxygen atoms in total. The Labute approximate surface area is 292 Å². The van der Waals surface area contributed by atoms with Crippen LogP contribution in [-0.4, -0.2) is 35.3 Å². The minimum atomic E-state index is -3.72. The van der Waals surface area contributed by atoms with Crippen molar-refractivity contribution in [1.82, 2.24) is 4.72 Å². The highest BCUT2D eigenvalue weighted by Gasteiger charge is 2.16. The van der Waals surface area contributed by atoms with Crippen LogP contribution in [0.25, 0.3) is 5.57 Å². The van der Waals surface area contributed by atoms with Gasteiger partial charge in [0.1, 0.15) is 23.7 Å². The Balaban J connectivity index is 2.81. The van der Waals surface area contributed by atoms with Gasteiger partial charge in [-0.25, -0.2) is 13.1 Å². The maximum atomic E-state index is 12.8. The molecule has 0 aliphatic carbocycles. The number of hydrogen-bond acceptors (Lipinski definition) is 8. The van der Waals surface area contributed by atoms with E-state index in [0.29, 0.717) is 46.4 Å². The maximum absolute atomic E-state index is 12.8. The molecule has 2 N–H and O–H groups in total. The van der Waals surface area contributed by atoms with Gasteiger partial charge in [0.05, 0.1) is 35.5 Å². The van der Waals surface area contributed by atoms with Gasteiger partial charge in [-0.1, -0.05) is 32.9 Å². The number of nitrogens with one attached hydrogen (secondary N) is 2. The summed E-state index contributed by atoms with van der Waals surface area (Å²) in [7, 11) is -2.14. The zero-order valence-corrected chi connectivity index (χ0v) is 30.8. The first-order chi connectivity index (χ1) is 23.2. The standard InChI is InChI=1S/C39H48N4O5S/c1-10-34(48-35(11-2)23-29(5)46-9)22-28(4)37-25-33(24-31(39(6,7)8)15-13-14-30(26-40)38(37)27-41)43-32-16-18-36(19-17-32)49(44,45)42-20-21-47-12-3/h10-11,13-19,22-25,42-43H,12,20-21H2,1-9H3/b14-13?,15-13?,28-22+,29-23+,30-14?,31-15?,31-24?,33-24?,33-25?,34-10+,35-11+,37-25?,38-30?,38-37?. The van der Waals surface area contributed by atoms with Crippen LogP contribution < -0.4 is 10.0 Å². The zero-order chi connectivity index (χ0) is 36.6. The number of anilines is 2. The number of hydrogen-bond donors (Lipinski definition) is 2. The van der Waals surface area contributed by atoms with Crippen LogP contribution in [0.4, 0.5) is 11.4 Å². The van der Waals surface area contributed by atoms with Gasteiger partial charge in [0.2, 0.25) is 10.0 Å². The van der Waals surface area contributed by atoms with Crippen molar-refractivity contribution in [1.29, 1.82) is 10.5 Å². The summed E-state index contributed by atoms with van der Waals surface area (Å²) >= 11 is 0. The van der Waals surface area contributed by atoms with Gasteiger partial charge in [-0.2, -0.15) is 10.5 Å². The summed E-state index contributed by atoms with van der Waals surface area (Å²) in [5.74, 6) is 1.77. The molecule has 2 rings (SSSR count). The van der Waals surface area contributed by atoms with E-state index in [9.17, 15) is 18.9 Å². The molecule has 0 unspecified atom stereocenters. The molecule has 2 aromatic carbocycles. The molecule has 0 amide bonds. The Morgan fingerprint density at radius 1 is 0.918 bits per heavy atom. The molecule has 0 spiro atoms. The van der Waals surface area contributed by atoms with Crippen molar-refractivity contribution in [3.8, 4) is 12.1 Å². The number of nitrogens with zero attached hydrogens (tertiary/aromatic N) is 2. The minimum Gasteiger partial charge on any atom is -0.501 e. The summed E-state index contributed by atoms with van der Waals surface area (Å²) in [5, 5.41) is 23.9. The van der Waals surface area contributed by atoms with Gasteiger partial charge in [-0.15, -0.1) is 0 Å². The van der Waals surface area contributed by atoms with E-state index in [1.807, 2.05) is 65.0 Å². The molecule has 49 heavy (non-hydrogen) atoms. The van der Waals surface area contributed by atoms with Gasteiger partial charge in [0.25, 0.3) is 0 Å². The molecule has 0 saturated carbocycles. The van der Waals surface area contributed by atoms with E-state index in [0.717, 1.165) is 5.56 Å². The molecule has 0 bridgehead atoms. The first-order valence-electron chi connectivity index (χ1n) is 16.0. The monoisotopic (exact) mass is 684 g/mol. The fourth-order valence-corrected chi connectivity index (χ4v) is 5.43. The van der Waals surface area contributed by atoms with Gasteiger partial charge in [-0.05, 0) is 117 Å². The van der Waals surface area contributed by atoms with Crippen molar-refractivity contribution in [3.05, 3.63) is 118 Å². The normalized spacial score (nSPS) is 12.8. The Hall–Kier alpha value is -4.87. The number of nitriles is 2. The Morgan fingerprint density at radius 2 is 1.57 bits per heavy atom. The Bertz CT molecular complexity index is 1840. The number of allylic oxidation sites excluding steroid dienone is 6. The third kappa shape index (κ3) is 12.6. The first kappa shape index (κ1) is 40.3. The lowest BCUT2D eigenvalue weighted by molar-refractivity contribution is 0.153. The number of sulfonamides is 1. The fraction of sp³-hybridized carbons (Fsp3) is 0.333. The molecule has 0 aliphatic rings. The maximum Gasteiger partial charge on any atom is 0.240 e. The summed E-state index contributed by atoms with van der Waals surface area (Å²) in [6.07, 6.45) is 7.20. The van der Waals surface area contributed by atoms with E-state index in [-0.39, 0.29) is 34.6 Å². The Kier molecular flexibility index (Phi) is 15.8. The topological polar surface area (TPSA) is 133 Å². The molecule has 10 heteroatoms. The van der Waals surface area contributed by atoms with Crippen LogP contribution in [0.5, 0.6) is 0 Å². The lowest BCUT2D eigenvalue weighted by atomic mass is 9.87. The number of benzene rings is 1. The Morgan fingerprint density at radius 3 is 2.12 bits per heavy atom. The molecular formula is C39H48N4O5S. The van der Waals surface area contributed by atoms with Crippen LogP contribution in [0.2, 0.25) is 0 Å². The number of ether oxygens (including phenoxy) is 3. The zero-order valence-electron chi connectivity index (χ0n) is 30.0. The summed E-state index contributed by atoms with van der Waals surface area (Å²) in [5.41, 5.74) is 3.47. The molecule has 2 aromatic rings. The molecule has 260 valence electrons. The van der Waals surface area contributed by atoms with Crippen molar-refractivity contribution in [2.45, 2.75) is 65.7 Å². The second kappa shape index (κ2) is 19.2. The summed E-state index contributed by atoms with van der Waals surface area (Å²) in [4.78, 5) is 0.119. The van der Waals surface area contributed by atoms with Crippen LogP contribution in [0.15, 0.2) is 101 Å². The summed E-state index contributed by atoms with van der Waals surface area (Å²) in [6.45, 7) is 16.4. The molecule has 0 aliphatic heterocycles. The van der Waals surface area contributed by atoms with Crippen LogP contribution in [0.1, 0.15) is 77.6 Å². The third-order valence-electron chi connectivity index (χ3n) is 7.24. The smallest absolute Gasteiger partial charge is 0.240 e. The quantitative estimate of drug-likeness (QED) is 0.115. The van der Waals surface area contributed by atoms with Crippen LogP contribution in [0, 0.1) is 22.7 Å². The predicted octanol–water partition coefficient (Wildman–Crippen LogP) is 8.69. The molecule has 0 radical (unpaired) electrons. The van der Waals surface area contributed by atoms with Crippen LogP contribution in [0.3, 0.4) is 0 Å². The number of methoxy groups -OCH3 is 1. The lowest BCUT2D eigenvalue weighted by Gasteiger charge is -2.19. The summed E-state index contributed by atoms with van der Waals surface area (Å²) < 4.78 is 44.8. The molecule has 0 aromatic heterocycles. The second-order valence-electron chi connectivity index (χ2n) is 11.9. The van der Waals surface area contributed by atoms with Crippen LogP contribution >= 0.6 is 0 Å². The molecular weight excluding hydrogens is 637 g/mol. The van der Waals surface area contributed by atoms with Crippen molar-refractivity contribution in [2.75, 3.05) is 32.2 Å². The third-order valence-corrected chi connectivity index (χ3v) is 8.72. The van der Waals surface area contributed by atoms with E-state index in [1.165, 1.54) is 12.1 Å². The highest BCUT2D eigenvalue weighted by Crippen LogP contribution is 2.30. The van der Waals surface area contributed by atoms with Crippen molar-refractivity contribution in [2.24, 2.45) is 0 Å². The van der Waals surface area contributed by atoms with Crippen molar-refractivity contribution >= 4 is 27.0 Å². The van der Waals surface area contributed by atoms with E-state index in [1.54, 1.807) is 43.5 Å². The molecule has 0 heterocycles. The van der Waals surface area contributed by atoms with E-state index < -0.39 is 10.0 Å². The van der Waals surface area contributed by atoms with Gasteiger partial charge in [-0.3, -0.25) is 0 Å². The molecule has 0 fully saturated rings. The average molecular weight is 685 g/mol. The van der Waals surface area contributed by atoms with Crippen molar-refractivity contribution in [3.63, 3.8) is 0 Å². The molecule has 0 saturated heterocycles. The summed E-state index contributed by atoms with van der Waals surface area (Å²) in [6, 6.07) is 20.0. The highest BCUT2D eigenvalue weighted by molar-refractivity contribution is 7.89. The SMILES string of the molecule is C/C=C(\C=C(/C)OC)OC(=C/C)/C=C(\C)c1cc(Nc2ccc(S(=O)(=O)NCCOCC)cc2)cc(C(C)(C)C)cccc(C#N)c1C#N. The number of rotatable bonds is 14. The lowest BCUT2D eigenvalue weighted by Crippen LogP contribution is -2.27. The highest BCUT2D eigenvalue weighted by atomic mass is 32.2.